The van der Waals surface area contributed by atoms with Gasteiger partial charge in [0.1, 0.15) is 0 Å². The Bertz CT molecular complexity index is 414. The van der Waals surface area contributed by atoms with Crippen molar-refractivity contribution >= 4 is 23.6 Å². The topological polar surface area (TPSA) is 55.9 Å². The Morgan fingerprint density at radius 1 is 0.957 bits per heavy atom. The number of piperazine rings is 1. The van der Waals surface area contributed by atoms with Gasteiger partial charge < -0.3 is 15.1 Å². The second-order valence-electron chi connectivity index (χ2n) is 6.67. The molecule has 0 radical (unpaired) electrons. The summed E-state index contributed by atoms with van der Waals surface area (Å²) >= 11 is 1.93. The average Bonchev–Trinajstić information content (AvgIpc) is 3.11. The van der Waals surface area contributed by atoms with Crippen molar-refractivity contribution in [1.29, 1.82) is 0 Å². The van der Waals surface area contributed by atoms with E-state index in [1.807, 2.05) is 21.6 Å². The van der Waals surface area contributed by atoms with Crippen LogP contribution in [-0.2, 0) is 9.59 Å². The maximum Gasteiger partial charge on any atom is 0.236 e. The van der Waals surface area contributed by atoms with Crippen molar-refractivity contribution in [3.8, 4) is 0 Å². The molecule has 6 nitrogen and oxygen atoms in total. The molecule has 0 spiro atoms. The number of hydrogen-bond donors (Lipinski definition) is 1. The summed E-state index contributed by atoms with van der Waals surface area (Å²) in [5.74, 6) is 2.70. The van der Waals surface area contributed by atoms with E-state index in [1.165, 1.54) is 0 Å². The van der Waals surface area contributed by atoms with Crippen LogP contribution in [0.15, 0.2) is 0 Å². The van der Waals surface area contributed by atoms with E-state index in [0.29, 0.717) is 19.0 Å². The summed E-state index contributed by atoms with van der Waals surface area (Å²) in [6.07, 6.45) is 2.89. The first-order chi connectivity index (χ1) is 11.2. The number of carbonyl (C=O) groups is 2. The number of rotatable bonds is 4. The second kappa shape index (κ2) is 8.35. The highest BCUT2D eigenvalue weighted by atomic mass is 32.2. The Hall–Kier alpha value is -0.790. The Kier molecular flexibility index (Phi) is 6.19. The molecule has 0 saturated carbocycles. The lowest BCUT2D eigenvalue weighted by Crippen LogP contribution is -2.52. The largest absolute Gasteiger partial charge is 0.342 e. The van der Waals surface area contributed by atoms with E-state index in [2.05, 4.69) is 10.2 Å². The molecule has 23 heavy (non-hydrogen) atoms. The van der Waals surface area contributed by atoms with Crippen molar-refractivity contribution in [2.75, 3.05) is 63.9 Å². The van der Waals surface area contributed by atoms with Crippen molar-refractivity contribution in [3.05, 3.63) is 0 Å². The van der Waals surface area contributed by atoms with Gasteiger partial charge in [-0.05, 0) is 12.8 Å². The van der Waals surface area contributed by atoms with E-state index in [1.54, 1.807) is 0 Å². The third-order valence-electron chi connectivity index (χ3n) is 4.96. The van der Waals surface area contributed by atoms with E-state index in [-0.39, 0.29) is 11.8 Å². The molecule has 0 bridgehead atoms. The van der Waals surface area contributed by atoms with Gasteiger partial charge in [-0.2, -0.15) is 11.8 Å². The molecule has 3 rings (SSSR count). The van der Waals surface area contributed by atoms with Crippen LogP contribution in [0.3, 0.4) is 0 Å². The van der Waals surface area contributed by atoms with Crippen LogP contribution in [0.5, 0.6) is 0 Å². The molecule has 1 unspecified atom stereocenters. The minimum atomic E-state index is 0.255. The molecule has 7 heteroatoms. The van der Waals surface area contributed by atoms with Crippen LogP contribution in [0.2, 0.25) is 0 Å². The number of hydrogen-bond acceptors (Lipinski definition) is 5. The predicted molar refractivity (Wildman–Crippen MR) is 92.6 cm³/mol. The molecule has 3 saturated heterocycles. The Balaban J connectivity index is 1.37. The SMILES string of the molecule is O=C(CC1CSCCN1)N1CCN(CC(=O)N2CCCC2)CC1. The summed E-state index contributed by atoms with van der Waals surface area (Å²) in [5.41, 5.74) is 0. The van der Waals surface area contributed by atoms with Crippen molar-refractivity contribution in [3.63, 3.8) is 0 Å². The molecule has 130 valence electrons. The fourth-order valence-corrected chi connectivity index (χ4v) is 4.45. The zero-order valence-corrected chi connectivity index (χ0v) is 14.7. The molecule has 3 aliphatic heterocycles. The van der Waals surface area contributed by atoms with Crippen LogP contribution in [0, 0.1) is 0 Å². The van der Waals surface area contributed by atoms with Crippen LogP contribution in [-0.4, -0.2) is 96.4 Å². The first kappa shape index (κ1) is 17.0. The molecule has 0 aromatic heterocycles. The van der Waals surface area contributed by atoms with Crippen LogP contribution in [0.4, 0.5) is 0 Å². The second-order valence-corrected chi connectivity index (χ2v) is 7.82. The molecule has 0 aromatic rings. The number of likely N-dealkylation sites (tertiary alicyclic amines) is 1. The summed E-state index contributed by atoms with van der Waals surface area (Å²) in [4.78, 5) is 30.7. The van der Waals surface area contributed by atoms with Gasteiger partial charge in [-0.15, -0.1) is 0 Å². The molecular weight excluding hydrogens is 312 g/mol. The highest BCUT2D eigenvalue weighted by Gasteiger charge is 2.26. The molecule has 3 aliphatic rings. The smallest absolute Gasteiger partial charge is 0.236 e. The minimum Gasteiger partial charge on any atom is -0.342 e. The number of nitrogens with one attached hydrogen (secondary N) is 1. The van der Waals surface area contributed by atoms with E-state index >= 15 is 0 Å². The Morgan fingerprint density at radius 3 is 2.30 bits per heavy atom. The van der Waals surface area contributed by atoms with E-state index in [0.717, 1.165) is 70.2 Å². The van der Waals surface area contributed by atoms with E-state index < -0.39 is 0 Å². The van der Waals surface area contributed by atoms with Gasteiger partial charge in [0.25, 0.3) is 0 Å². The van der Waals surface area contributed by atoms with Crippen LogP contribution in [0.25, 0.3) is 0 Å². The molecule has 1 N–H and O–H groups in total. The monoisotopic (exact) mass is 340 g/mol. The third-order valence-corrected chi connectivity index (χ3v) is 6.09. The van der Waals surface area contributed by atoms with Gasteiger partial charge in [-0.25, -0.2) is 0 Å². The normalized spacial score (nSPS) is 26.5. The predicted octanol–water partition coefficient (Wildman–Crippen LogP) is -0.152. The van der Waals surface area contributed by atoms with Crippen LogP contribution < -0.4 is 5.32 Å². The lowest BCUT2D eigenvalue weighted by atomic mass is 10.2. The lowest BCUT2D eigenvalue weighted by molar-refractivity contribution is -0.135. The first-order valence-electron chi connectivity index (χ1n) is 8.81. The summed E-state index contributed by atoms with van der Waals surface area (Å²) < 4.78 is 0. The van der Waals surface area contributed by atoms with Gasteiger partial charge in [0.05, 0.1) is 6.54 Å². The highest BCUT2D eigenvalue weighted by Crippen LogP contribution is 2.13. The zero-order valence-electron chi connectivity index (χ0n) is 13.8. The quantitative estimate of drug-likeness (QED) is 0.771. The molecule has 2 amide bonds. The van der Waals surface area contributed by atoms with Gasteiger partial charge in [0, 0.05) is 69.8 Å². The van der Waals surface area contributed by atoms with Crippen LogP contribution in [0.1, 0.15) is 19.3 Å². The highest BCUT2D eigenvalue weighted by molar-refractivity contribution is 7.99. The van der Waals surface area contributed by atoms with Crippen LogP contribution >= 0.6 is 11.8 Å². The summed E-state index contributed by atoms with van der Waals surface area (Å²) in [6, 6.07) is 0.330. The fraction of sp³-hybridized carbons (Fsp3) is 0.875. The van der Waals surface area contributed by atoms with Gasteiger partial charge in [0.15, 0.2) is 0 Å². The Labute approximate surface area is 142 Å². The standard InChI is InChI=1S/C16H28N4O2S/c21-15(11-14-13-23-10-3-17-14)20-8-6-18(7-9-20)12-16(22)19-4-1-2-5-19/h14,17H,1-13H2. The van der Waals surface area contributed by atoms with Crippen molar-refractivity contribution in [1.82, 2.24) is 20.0 Å². The summed E-state index contributed by atoms with van der Waals surface area (Å²) in [5, 5.41) is 3.43. The number of carbonyl (C=O) groups excluding carboxylic acids is 2. The van der Waals surface area contributed by atoms with Crippen molar-refractivity contribution in [2.45, 2.75) is 25.3 Å². The summed E-state index contributed by atoms with van der Waals surface area (Å²) in [6.45, 7) is 6.51. The molecule has 0 aromatic carbocycles. The summed E-state index contributed by atoms with van der Waals surface area (Å²) in [7, 11) is 0. The van der Waals surface area contributed by atoms with Crippen molar-refractivity contribution in [2.24, 2.45) is 0 Å². The van der Waals surface area contributed by atoms with Gasteiger partial charge in [-0.1, -0.05) is 0 Å². The average molecular weight is 340 g/mol. The number of nitrogens with zero attached hydrogens (tertiary/aromatic N) is 3. The molecular formula is C16H28N4O2S. The van der Waals surface area contributed by atoms with Gasteiger partial charge in [-0.3, -0.25) is 14.5 Å². The molecule has 3 fully saturated rings. The first-order valence-corrected chi connectivity index (χ1v) is 9.97. The van der Waals surface area contributed by atoms with Crippen molar-refractivity contribution < 1.29 is 9.59 Å². The number of amides is 2. The minimum absolute atomic E-state index is 0.255. The van der Waals surface area contributed by atoms with Gasteiger partial charge >= 0.3 is 0 Å². The maximum atomic E-state index is 12.4. The fourth-order valence-electron chi connectivity index (χ4n) is 3.50. The van der Waals surface area contributed by atoms with E-state index in [4.69, 9.17) is 0 Å². The zero-order chi connectivity index (χ0) is 16.1. The van der Waals surface area contributed by atoms with Gasteiger partial charge in [0.2, 0.25) is 11.8 Å². The molecule has 0 aliphatic carbocycles. The van der Waals surface area contributed by atoms with E-state index in [9.17, 15) is 9.59 Å². The molecule has 1 atom stereocenters. The lowest BCUT2D eigenvalue weighted by Gasteiger charge is -2.36. The maximum absolute atomic E-state index is 12.4. The number of thioether (sulfide) groups is 1. The Morgan fingerprint density at radius 2 is 1.65 bits per heavy atom. The molecule has 3 heterocycles. The third kappa shape index (κ3) is 4.84.